The average Bonchev–Trinajstić information content (AvgIpc) is 3.08. The van der Waals surface area contributed by atoms with E-state index in [4.69, 9.17) is 9.15 Å². The number of hydrogen-bond donors (Lipinski definition) is 0. The quantitative estimate of drug-likeness (QED) is 0.710. The minimum Gasteiger partial charge on any atom is -0.494 e. The minimum absolute atomic E-state index is 0.123. The second-order valence-corrected chi connectivity index (χ2v) is 5.50. The molecule has 0 N–H and O–H groups in total. The standard InChI is InChI=1S/C19H19N3O3/c1-4-24-17-10-8-16(9-11-17)22(3)19(23)15-7-5-6-14(12-15)18-21-20-13(2)25-18/h5-12H,4H2,1-3H3. The van der Waals surface area contributed by atoms with Gasteiger partial charge in [-0.25, -0.2) is 0 Å². The van der Waals surface area contributed by atoms with Gasteiger partial charge in [0.05, 0.1) is 6.61 Å². The van der Waals surface area contributed by atoms with Gasteiger partial charge in [-0.3, -0.25) is 4.79 Å². The van der Waals surface area contributed by atoms with Crippen LogP contribution in [0.4, 0.5) is 5.69 Å². The normalized spacial score (nSPS) is 10.5. The van der Waals surface area contributed by atoms with E-state index in [1.165, 1.54) is 0 Å². The Morgan fingerprint density at radius 1 is 1.16 bits per heavy atom. The average molecular weight is 337 g/mol. The lowest BCUT2D eigenvalue weighted by molar-refractivity contribution is 0.0993. The van der Waals surface area contributed by atoms with Crippen molar-refractivity contribution in [2.75, 3.05) is 18.6 Å². The third-order valence-corrected chi connectivity index (χ3v) is 3.72. The number of rotatable bonds is 5. The Labute approximate surface area is 146 Å². The van der Waals surface area contributed by atoms with Crippen LogP contribution in [0.15, 0.2) is 52.9 Å². The van der Waals surface area contributed by atoms with E-state index in [1.807, 2.05) is 37.3 Å². The highest BCUT2D eigenvalue weighted by Crippen LogP contribution is 2.23. The number of aryl methyl sites for hydroxylation is 1. The molecular weight excluding hydrogens is 318 g/mol. The van der Waals surface area contributed by atoms with Crippen molar-refractivity contribution in [2.45, 2.75) is 13.8 Å². The molecule has 128 valence electrons. The summed E-state index contributed by atoms with van der Waals surface area (Å²) in [6, 6.07) is 14.6. The largest absolute Gasteiger partial charge is 0.494 e. The molecule has 2 aromatic carbocycles. The maximum Gasteiger partial charge on any atom is 0.258 e. The summed E-state index contributed by atoms with van der Waals surface area (Å²) in [5.74, 6) is 1.54. The van der Waals surface area contributed by atoms with Gasteiger partial charge in [-0.15, -0.1) is 10.2 Å². The van der Waals surface area contributed by atoms with Crippen molar-refractivity contribution in [3.05, 3.63) is 60.0 Å². The first-order chi connectivity index (χ1) is 12.1. The number of amides is 1. The van der Waals surface area contributed by atoms with Gasteiger partial charge in [0, 0.05) is 30.8 Å². The van der Waals surface area contributed by atoms with Gasteiger partial charge in [-0.1, -0.05) is 6.07 Å². The molecule has 0 aliphatic rings. The molecule has 3 rings (SSSR count). The number of nitrogens with zero attached hydrogens (tertiary/aromatic N) is 3. The number of carbonyl (C=O) groups is 1. The molecule has 1 amide bonds. The van der Waals surface area contributed by atoms with Crippen LogP contribution in [0.2, 0.25) is 0 Å². The molecule has 25 heavy (non-hydrogen) atoms. The summed E-state index contributed by atoms with van der Waals surface area (Å²) in [4.78, 5) is 14.4. The number of ether oxygens (including phenoxy) is 1. The molecule has 0 saturated heterocycles. The number of hydrogen-bond acceptors (Lipinski definition) is 5. The summed E-state index contributed by atoms with van der Waals surface area (Å²) in [5.41, 5.74) is 2.05. The lowest BCUT2D eigenvalue weighted by Gasteiger charge is -2.18. The van der Waals surface area contributed by atoms with Crippen LogP contribution in [0.3, 0.4) is 0 Å². The molecule has 3 aromatic rings. The summed E-state index contributed by atoms with van der Waals surface area (Å²) in [7, 11) is 1.74. The molecule has 0 aliphatic carbocycles. The van der Waals surface area contributed by atoms with E-state index >= 15 is 0 Å². The first kappa shape index (κ1) is 16.7. The fourth-order valence-corrected chi connectivity index (χ4v) is 2.44. The maximum absolute atomic E-state index is 12.8. The number of carbonyl (C=O) groups excluding carboxylic acids is 1. The van der Waals surface area contributed by atoms with Crippen LogP contribution in [0.1, 0.15) is 23.2 Å². The fraction of sp³-hybridized carbons (Fsp3) is 0.211. The van der Waals surface area contributed by atoms with E-state index in [1.54, 1.807) is 37.1 Å². The predicted molar refractivity (Wildman–Crippen MR) is 94.8 cm³/mol. The number of anilines is 1. The van der Waals surface area contributed by atoms with Gasteiger partial charge in [0.1, 0.15) is 5.75 Å². The lowest BCUT2D eigenvalue weighted by Crippen LogP contribution is -2.26. The molecule has 0 aliphatic heterocycles. The van der Waals surface area contributed by atoms with E-state index in [-0.39, 0.29) is 5.91 Å². The Bertz CT molecular complexity index is 872. The van der Waals surface area contributed by atoms with Crippen LogP contribution in [0.5, 0.6) is 5.75 Å². The van der Waals surface area contributed by atoms with Crippen LogP contribution >= 0.6 is 0 Å². The molecule has 0 unspecified atom stereocenters. The van der Waals surface area contributed by atoms with E-state index in [9.17, 15) is 4.79 Å². The summed E-state index contributed by atoms with van der Waals surface area (Å²) in [6.07, 6.45) is 0. The van der Waals surface area contributed by atoms with Crippen molar-refractivity contribution < 1.29 is 13.9 Å². The van der Waals surface area contributed by atoms with Gasteiger partial charge in [0.25, 0.3) is 5.91 Å². The van der Waals surface area contributed by atoms with Crippen molar-refractivity contribution >= 4 is 11.6 Å². The molecule has 0 fully saturated rings. The van der Waals surface area contributed by atoms with E-state index in [2.05, 4.69) is 10.2 Å². The molecule has 6 nitrogen and oxygen atoms in total. The van der Waals surface area contributed by atoms with Crippen LogP contribution in [-0.4, -0.2) is 29.8 Å². The second-order valence-electron chi connectivity index (χ2n) is 5.50. The molecule has 0 atom stereocenters. The highest BCUT2D eigenvalue weighted by atomic mass is 16.5. The smallest absolute Gasteiger partial charge is 0.258 e. The summed E-state index contributed by atoms with van der Waals surface area (Å²) >= 11 is 0. The lowest BCUT2D eigenvalue weighted by atomic mass is 10.1. The van der Waals surface area contributed by atoms with Gasteiger partial charge >= 0.3 is 0 Å². The number of benzene rings is 2. The molecule has 0 radical (unpaired) electrons. The van der Waals surface area contributed by atoms with Gasteiger partial charge in [-0.2, -0.15) is 0 Å². The molecule has 0 spiro atoms. The molecule has 0 saturated carbocycles. The summed E-state index contributed by atoms with van der Waals surface area (Å²) in [5, 5.41) is 7.81. The van der Waals surface area contributed by atoms with Crippen molar-refractivity contribution in [1.29, 1.82) is 0 Å². The van der Waals surface area contributed by atoms with E-state index in [0.29, 0.717) is 29.5 Å². The van der Waals surface area contributed by atoms with Crippen LogP contribution in [0.25, 0.3) is 11.5 Å². The number of aromatic nitrogens is 2. The van der Waals surface area contributed by atoms with Crippen molar-refractivity contribution in [3.8, 4) is 17.2 Å². The third kappa shape index (κ3) is 3.68. The van der Waals surface area contributed by atoms with Crippen LogP contribution in [0, 0.1) is 6.92 Å². The Morgan fingerprint density at radius 3 is 2.56 bits per heavy atom. The highest BCUT2D eigenvalue weighted by Gasteiger charge is 2.15. The zero-order chi connectivity index (χ0) is 17.8. The van der Waals surface area contributed by atoms with Crippen molar-refractivity contribution in [3.63, 3.8) is 0 Å². The second kappa shape index (κ2) is 7.17. The van der Waals surface area contributed by atoms with Crippen molar-refractivity contribution in [1.82, 2.24) is 10.2 Å². The fourth-order valence-electron chi connectivity index (χ4n) is 2.44. The monoisotopic (exact) mass is 337 g/mol. The Morgan fingerprint density at radius 2 is 1.92 bits per heavy atom. The predicted octanol–water partition coefficient (Wildman–Crippen LogP) is 3.72. The van der Waals surface area contributed by atoms with E-state index < -0.39 is 0 Å². The highest BCUT2D eigenvalue weighted by molar-refractivity contribution is 6.06. The molecule has 1 heterocycles. The van der Waals surface area contributed by atoms with Gasteiger partial charge in [0.15, 0.2) is 0 Å². The van der Waals surface area contributed by atoms with E-state index in [0.717, 1.165) is 11.4 Å². The SMILES string of the molecule is CCOc1ccc(N(C)C(=O)c2cccc(-c3nnc(C)o3)c2)cc1. The van der Waals surface area contributed by atoms with Gasteiger partial charge < -0.3 is 14.1 Å². The molecule has 0 bridgehead atoms. The van der Waals surface area contributed by atoms with Gasteiger partial charge in [-0.05, 0) is 49.4 Å². The Kier molecular flexibility index (Phi) is 4.79. The molecular formula is C19H19N3O3. The van der Waals surface area contributed by atoms with Crippen LogP contribution in [-0.2, 0) is 0 Å². The molecule has 6 heteroatoms. The minimum atomic E-state index is -0.123. The maximum atomic E-state index is 12.8. The molecule has 1 aromatic heterocycles. The topological polar surface area (TPSA) is 68.5 Å². The third-order valence-electron chi connectivity index (χ3n) is 3.72. The van der Waals surface area contributed by atoms with Crippen molar-refractivity contribution in [2.24, 2.45) is 0 Å². The van der Waals surface area contributed by atoms with Crippen LogP contribution < -0.4 is 9.64 Å². The zero-order valence-electron chi connectivity index (χ0n) is 14.4. The van der Waals surface area contributed by atoms with Gasteiger partial charge in [0.2, 0.25) is 11.8 Å². The first-order valence-electron chi connectivity index (χ1n) is 8.00. The Hall–Kier alpha value is -3.15. The summed E-state index contributed by atoms with van der Waals surface area (Å²) in [6.45, 7) is 4.27. The Balaban J connectivity index is 1.82. The first-order valence-corrected chi connectivity index (χ1v) is 8.00. The summed E-state index contributed by atoms with van der Waals surface area (Å²) < 4.78 is 10.9. The zero-order valence-corrected chi connectivity index (χ0v) is 14.4.